The molecule has 0 aliphatic rings. The third kappa shape index (κ3) is 5.20. The van der Waals surface area contributed by atoms with Crippen LogP contribution in [0.1, 0.15) is 30.8 Å². The highest BCUT2D eigenvalue weighted by Gasteiger charge is 2.15. The van der Waals surface area contributed by atoms with Crippen LogP contribution in [-0.4, -0.2) is 26.4 Å². The minimum atomic E-state index is -0.0526. The lowest BCUT2D eigenvalue weighted by Gasteiger charge is -2.13. The first-order chi connectivity index (χ1) is 16.1. The molecule has 0 atom stereocenters. The van der Waals surface area contributed by atoms with E-state index in [-0.39, 0.29) is 11.7 Å². The summed E-state index contributed by atoms with van der Waals surface area (Å²) in [7, 11) is 0. The van der Waals surface area contributed by atoms with Gasteiger partial charge in [0.1, 0.15) is 12.4 Å². The van der Waals surface area contributed by atoms with Gasteiger partial charge < -0.3 is 14.6 Å². The molecular formula is C26H28N4O2S. The Hall–Kier alpha value is -3.32. The number of ether oxygens (including phenoxy) is 1. The summed E-state index contributed by atoms with van der Waals surface area (Å²) in [5.74, 6) is 1.76. The van der Waals surface area contributed by atoms with Gasteiger partial charge in [-0.15, -0.1) is 10.2 Å². The Kier molecular flexibility index (Phi) is 7.29. The standard InChI is InChI=1S/C26H28N4O2S/c1-4-19-12-8-10-18(3)25(19)27-24(31)17-33-26-29-28-23(30(26)5-2)16-32-22-15-9-13-20-11-6-7-14-21(20)22/h6-15H,4-5,16-17H2,1-3H3,(H,27,31). The lowest BCUT2D eigenvalue weighted by molar-refractivity contribution is -0.113. The van der Waals surface area contributed by atoms with Crippen LogP contribution in [0.4, 0.5) is 5.69 Å². The summed E-state index contributed by atoms with van der Waals surface area (Å²) in [5, 5.41) is 14.6. The Morgan fingerprint density at radius 2 is 1.82 bits per heavy atom. The van der Waals surface area contributed by atoms with Crippen molar-refractivity contribution in [3.63, 3.8) is 0 Å². The van der Waals surface area contributed by atoms with E-state index in [4.69, 9.17) is 4.74 Å². The number of nitrogens with one attached hydrogen (secondary N) is 1. The van der Waals surface area contributed by atoms with E-state index >= 15 is 0 Å². The van der Waals surface area contributed by atoms with E-state index in [0.717, 1.165) is 45.6 Å². The minimum absolute atomic E-state index is 0.0526. The first kappa shape index (κ1) is 22.9. The van der Waals surface area contributed by atoms with Crippen LogP contribution in [0.5, 0.6) is 5.75 Å². The number of carbonyl (C=O) groups is 1. The normalized spacial score (nSPS) is 11.0. The molecule has 1 amide bonds. The maximum Gasteiger partial charge on any atom is 0.234 e. The average molecular weight is 461 g/mol. The molecule has 0 radical (unpaired) electrons. The second kappa shape index (κ2) is 10.5. The zero-order chi connectivity index (χ0) is 23.2. The van der Waals surface area contributed by atoms with Gasteiger partial charge in [0, 0.05) is 17.6 Å². The van der Waals surface area contributed by atoms with Crippen LogP contribution in [0.15, 0.2) is 65.8 Å². The Morgan fingerprint density at radius 3 is 2.64 bits per heavy atom. The molecule has 0 saturated heterocycles. The van der Waals surface area contributed by atoms with Gasteiger partial charge in [-0.25, -0.2) is 0 Å². The molecule has 0 aliphatic carbocycles. The maximum atomic E-state index is 12.6. The Balaban J connectivity index is 1.41. The molecule has 1 N–H and O–H groups in total. The van der Waals surface area contributed by atoms with Crippen LogP contribution in [-0.2, 0) is 24.4 Å². The number of fused-ring (bicyclic) bond motifs is 1. The minimum Gasteiger partial charge on any atom is -0.485 e. The number of thioether (sulfide) groups is 1. The van der Waals surface area contributed by atoms with Crippen molar-refractivity contribution >= 4 is 34.1 Å². The highest BCUT2D eigenvalue weighted by molar-refractivity contribution is 7.99. The smallest absolute Gasteiger partial charge is 0.234 e. The van der Waals surface area contributed by atoms with Crippen molar-refractivity contribution in [3.05, 3.63) is 77.6 Å². The zero-order valence-electron chi connectivity index (χ0n) is 19.2. The van der Waals surface area contributed by atoms with Crippen LogP contribution >= 0.6 is 11.8 Å². The molecule has 0 unspecified atom stereocenters. The molecular weight excluding hydrogens is 432 g/mol. The van der Waals surface area contributed by atoms with E-state index < -0.39 is 0 Å². The van der Waals surface area contributed by atoms with E-state index in [1.807, 2.05) is 66.9 Å². The van der Waals surface area contributed by atoms with Crippen LogP contribution in [0, 0.1) is 6.92 Å². The van der Waals surface area contributed by atoms with Crippen molar-refractivity contribution in [2.75, 3.05) is 11.1 Å². The van der Waals surface area contributed by atoms with Crippen molar-refractivity contribution in [2.24, 2.45) is 0 Å². The summed E-state index contributed by atoms with van der Waals surface area (Å²) in [6.45, 7) is 7.14. The van der Waals surface area contributed by atoms with E-state index in [0.29, 0.717) is 18.3 Å². The average Bonchev–Trinajstić information content (AvgIpc) is 3.24. The van der Waals surface area contributed by atoms with Crippen LogP contribution in [0.2, 0.25) is 0 Å². The maximum absolute atomic E-state index is 12.6. The molecule has 33 heavy (non-hydrogen) atoms. The zero-order valence-corrected chi connectivity index (χ0v) is 20.0. The summed E-state index contributed by atoms with van der Waals surface area (Å²) >= 11 is 1.39. The number of rotatable bonds is 9. The third-order valence-electron chi connectivity index (χ3n) is 5.55. The molecule has 4 rings (SSSR count). The number of nitrogens with zero attached hydrogens (tertiary/aromatic N) is 3. The Bertz CT molecular complexity index is 1260. The highest BCUT2D eigenvalue weighted by Crippen LogP contribution is 2.27. The Morgan fingerprint density at radius 1 is 1.03 bits per heavy atom. The fourth-order valence-corrected chi connectivity index (χ4v) is 4.64. The van der Waals surface area contributed by atoms with Crippen LogP contribution < -0.4 is 10.1 Å². The summed E-state index contributed by atoms with van der Waals surface area (Å²) in [4.78, 5) is 12.6. The monoisotopic (exact) mass is 460 g/mol. The van der Waals surface area contributed by atoms with Gasteiger partial charge >= 0.3 is 0 Å². The fourth-order valence-electron chi connectivity index (χ4n) is 3.82. The molecule has 0 spiro atoms. The van der Waals surface area contributed by atoms with Crippen molar-refractivity contribution < 1.29 is 9.53 Å². The lowest BCUT2D eigenvalue weighted by atomic mass is 10.1. The van der Waals surface area contributed by atoms with Crippen molar-refractivity contribution in [1.29, 1.82) is 0 Å². The SMILES string of the molecule is CCc1cccc(C)c1NC(=O)CSc1nnc(COc2cccc3ccccc23)n1CC. The van der Waals surface area contributed by atoms with Gasteiger partial charge in [-0.05, 0) is 42.8 Å². The van der Waals surface area contributed by atoms with Gasteiger partial charge in [0.15, 0.2) is 11.0 Å². The summed E-state index contributed by atoms with van der Waals surface area (Å²) in [6.07, 6.45) is 0.870. The summed E-state index contributed by atoms with van der Waals surface area (Å²) < 4.78 is 8.09. The molecule has 7 heteroatoms. The van der Waals surface area contributed by atoms with Crippen molar-refractivity contribution in [2.45, 2.75) is 45.5 Å². The first-order valence-electron chi connectivity index (χ1n) is 11.1. The number of aromatic nitrogens is 3. The number of aryl methyl sites for hydroxylation is 2. The summed E-state index contributed by atoms with van der Waals surface area (Å²) in [5.41, 5.74) is 3.11. The van der Waals surface area contributed by atoms with Gasteiger partial charge in [0.05, 0.1) is 5.75 Å². The number of carbonyl (C=O) groups excluding carboxylic acids is 1. The number of hydrogen-bond acceptors (Lipinski definition) is 5. The second-order valence-electron chi connectivity index (χ2n) is 7.71. The number of anilines is 1. The molecule has 4 aromatic rings. The topological polar surface area (TPSA) is 69.0 Å². The molecule has 170 valence electrons. The number of benzene rings is 3. The van der Waals surface area contributed by atoms with Gasteiger partial charge in [-0.1, -0.05) is 73.3 Å². The van der Waals surface area contributed by atoms with Gasteiger partial charge in [-0.3, -0.25) is 4.79 Å². The number of para-hydroxylation sites is 1. The van der Waals surface area contributed by atoms with E-state index in [9.17, 15) is 4.79 Å². The molecule has 6 nitrogen and oxygen atoms in total. The molecule has 0 saturated carbocycles. The Labute approximate surface area is 198 Å². The predicted molar refractivity (Wildman–Crippen MR) is 134 cm³/mol. The molecule has 1 heterocycles. The fraction of sp³-hybridized carbons (Fsp3) is 0.269. The van der Waals surface area contributed by atoms with E-state index in [2.05, 4.69) is 34.6 Å². The van der Waals surface area contributed by atoms with E-state index in [1.54, 1.807) is 0 Å². The van der Waals surface area contributed by atoms with Crippen molar-refractivity contribution in [3.8, 4) is 5.75 Å². The highest BCUT2D eigenvalue weighted by atomic mass is 32.2. The van der Waals surface area contributed by atoms with Crippen LogP contribution in [0.25, 0.3) is 10.8 Å². The van der Waals surface area contributed by atoms with Crippen molar-refractivity contribution in [1.82, 2.24) is 14.8 Å². The predicted octanol–water partition coefficient (Wildman–Crippen LogP) is 5.63. The lowest BCUT2D eigenvalue weighted by Crippen LogP contribution is -2.17. The third-order valence-corrected chi connectivity index (χ3v) is 6.52. The molecule has 1 aromatic heterocycles. The first-order valence-corrected chi connectivity index (χ1v) is 12.1. The number of amides is 1. The van der Waals surface area contributed by atoms with Crippen LogP contribution in [0.3, 0.4) is 0 Å². The molecule has 3 aromatic carbocycles. The summed E-state index contributed by atoms with van der Waals surface area (Å²) in [6, 6.07) is 20.2. The van der Waals surface area contributed by atoms with E-state index in [1.165, 1.54) is 11.8 Å². The van der Waals surface area contributed by atoms with Gasteiger partial charge in [-0.2, -0.15) is 0 Å². The molecule has 0 bridgehead atoms. The quantitative estimate of drug-likeness (QED) is 0.328. The van der Waals surface area contributed by atoms with Gasteiger partial charge in [0.25, 0.3) is 0 Å². The second-order valence-corrected chi connectivity index (χ2v) is 8.65. The number of hydrogen-bond donors (Lipinski definition) is 1. The largest absolute Gasteiger partial charge is 0.485 e. The van der Waals surface area contributed by atoms with Gasteiger partial charge in [0.2, 0.25) is 5.91 Å². The molecule has 0 aliphatic heterocycles. The molecule has 0 fully saturated rings.